The molecular formula is C28H32N4O4. The fourth-order valence-electron chi connectivity index (χ4n) is 4.47. The van der Waals surface area contributed by atoms with Crippen LogP contribution in [0.1, 0.15) is 65.4 Å². The van der Waals surface area contributed by atoms with E-state index >= 15 is 0 Å². The zero-order valence-electron chi connectivity index (χ0n) is 22.0. The monoisotopic (exact) mass is 488 g/mol. The summed E-state index contributed by atoms with van der Waals surface area (Å²) in [6, 6.07) is 7.59. The number of furan rings is 1. The van der Waals surface area contributed by atoms with Gasteiger partial charge in [-0.2, -0.15) is 5.10 Å². The Hall–Kier alpha value is -3.94. The van der Waals surface area contributed by atoms with E-state index in [4.69, 9.17) is 14.1 Å². The van der Waals surface area contributed by atoms with E-state index in [1.165, 1.54) is 0 Å². The zero-order valence-corrected chi connectivity index (χ0v) is 22.0. The molecular weight excluding hydrogens is 456 g/mol. The Morgan fingerprint density at radius 2 is 1.67 bits per heavy atom. The molecule has 36 heavy (non-hydrogen) atoms. The number of hydrogen-bond acceptors (Lipinski definition) is 6. The number of benzene rings is 1. The number of aromatic nitrogens is 3. The molecule has 3 aromatic heterocycles. The van der Waals surface area contributed by atoms with Crippen LogP contribution in [-0.4, -0.2) is 32.7 Å². The number of nitrogens with one attached hydrogen (secondary N) is 1. The summed E-state index contributed by atoms with van der Waals surface area (Å²) in [6.45, 7) is 15.1. The van der Waals surface area contributed by atoms with Gasteiger partial charge in [-0.1, -0.05) is 17.7 Å². The molecule has 0 bridgehead atoms. The molecule has 1 aromatic carbocycles. The largest absolute Gasteiger partial charge is 0.466 e. The number of nitrogens with zero attached hydrogens (tertiary/aromatic N) is 3. The fraction of sp³-hybridized carbons (Fsp3) is 0.357. The van der Waals surface area contributed by atoms with Crippen molar-refractivity contribution < 1.29 is 18.7 Å². The summed E-state index contributed by atoms with van der Waals surface area (Å²) in [5.74, 6) is 0.427. The molecule has 3 heterocycles. The van der Waals surface area contributed by atoms with E-state index < -0.39 is 18.0 Å². The van der Waals surface area contributed by atoms with Gasteiger partial charge in [0.05, 0.1) is 22.8 Å². The van der Waals surface area contributed by atoms with Crippen LogP contribution in [0.3, 0.4) is 0 Å². The predicted molar refractivity (Wildman–Crippen MR) is 139 cm³/mol. The van der Waals surface area contributed by atoms with E-state index in [0.29, 0.717) is 28.1 Å². The van der Waals surface area contributed by atoms with Crippen LogP contribution in [0.2, 0.25) is 0 Å². The van der Waals surface area contributed by atoms with Crippen LogP contribution in [0, 0.1) is 34.6 Å². The first-order chi connectivity index (χ1) is 17.0. The van der Waals surface area contributed by atoms with E-state index in [2.05, 4.69) is 10.4 Å². The molecule has 0 fully saturated rings. The number of amides is 1. The normalized spacial score (nSPS) is 12.2. The van der Waals surface area contributed by atoms with Crippen LogP contribution < -0.4 is 5.32 Å². The van der Waals surface area contributed by atoms with Gasteiger partial charge < -0.3 is 14.5 Å². The number of fused-ring (bicyclic) bond motifs is 1. The average Bonchev–Trinajstić information content (AvgIpc) is 3.37. The molecule has 1 atom stereocenters. The third kappa shape index (κ3) is 4.76. The highest BCUT2D eigenvalue weighted by molar-refractivity contribution is 6.05. The Labute approximate surface area is 210 Å². The van der Waals surface area contributed by atoms with Crippen molar-refractivity contribution >= 4 is 28.6 Å². The molecule has 0 saturated heterocycles. The van der Waals surface area contributed by atoms with Crippen LogP contribution >= 0.6 is 0 Å². The van der Waals surface area contributed by atoms with Crippen molar-refractivity contribution in [2.45, 2.75) is 67.5 Å². The van der Waals surface area contributed by atoms with Crippen LogP contribution in [0.4, 0.5) is 5.69 Å². The topological polar surface area (TPSA) is 99.2 Å². The lowest BCUT2D eigenvalue weighted by atomic mass is 10.0. The second-order valence-electron chi connectivity index (χ2n) is 9.61. The molecule has 4 aromatic rings. The van der Waals surface area contributed by atoms with Crippen molar-refractivity contribution in [3.05, 3.63) is 64.2 Å². The Morgan fingerprint density at radius 1 is 1.00 bits per heavy atom. The maximum atomic E-state index is 13.4. The average molecular weight is 489 g/mol. The summed E-state index contributed by atoms with van der Waals surface area (Å²) in [5, 5.41) is 7.91. The van der Waals surface area contributed by atoms with E-state index in [-0.39, 0.29) is 6.04 Å². The van der Waals surface area contributed by atoms with Crippen LogP contribution in [0.5, 0.6) is 0 Å². The first kappa shape index (κ1) is 25.2. The van der Waals surface area contributed by atoms with Gasteiger partial charge in [-0.05, 0) is 78.6 Å². The first-order valence-corrected chi connectivity index (χ1v) is 12.0. The maximum Gasteiger partial charge on any atom is 0.339 e. The first-order valence-electron chi connectivity index (χ1n) is 12.0. The highest BCUT2D eigenvalue weighted by Crippen LogP contribution is 2.30. The van der Waals surface area contributed by atoms with Gasteiger partial charge >= 0.3 is 5.97 Å². The van der Waals surface area contributed by atoms with Gasteiger partial charge in [0.25, 0.3) is 5.91 Å². The third-order valence-corrected chi connectivity index (χ3v) is 6.17. The molecule has 0 radical (unpaired) electrons. The van der Waals surface area contributed by atoms with Crippen LogP contribution in [-0.2, 0) is 9.53 Å². The summed E-state index contributed by atoms with van der Waals surface area (Å²) in [4.78, 5) is 31.1. The van der Waals surface area contributed by atoms with Gasteiger partial charge in [-0.15, -0.1) is 0 Å². The lowest BCUT2D eigenvalue weighted by molar-refractivity contribution is -0.123. The molecule has 1 unspecified atom stereocenters. The van der Waals surface area contributed by atoms with E-state index in [0.717, 1.165) is 33.7 Å². The molecule has 1 amide bonds. The predicted octanol–water partition coefficient (Wildman–Crippen LogP) is 6.00. The minimum Gasteiger partial charge on any atom is -0.466 e. The van der Waals surface area contributed by atoms with Gasteiger partial charge in [0.2, 0.25) is 0 Å². The Kier molecular flexibility index (Phi) is 6.71. The molecule has 0 aliphatic carbocycles. The van der Waals surface area contributed by atoms with E-state index in [9.17, 15) is 9.59 Å². The second kappa shape index (κ2) is 9.60. The Morgan fingerprint density at radius 3 is 2.25 bits per heavy atom. The minimum atomic E-state index is -1.01. The Balaban J connectivity index is 1.67. The number of rotatable bonds is 6. The molecule has 8 nitrogen and oxygen atoms in total. The summed E-state index contributed by atoms with van der Waals surface area (Å²) >= 11 is 0. The van der Waals surface area contributed by atoms with Crippen molar-refractivity contribution in [2.75, 3.05) is 5.32 Å². The Bertz CT molecular complexity index is 1460. The smallest absolute Gasteiger partial charge is 0.339 e. The maximum absolute atomic E-state index is 13.4. The summed E-state index contributed by atoms with van der Waals surface area (Å²) in [5.41, 5.74) is 5.97. The van der Waals surface area contributed by atoms with Gasteiger partial charge in [0.1, 0.15) is 11.5 Å². The van der Waals surface area contributed by atoms with Crippen LogP contribution in [0.25, 0.3) is 22.3 Å². The van der Waals surface area contributed by atoms with Crippen molar-refractivity contribution in [3.8, 4) is 11.3 Å². The molecule has 0 saturated carbocycles. The molecule has 8 heteroatoms. The number of pyridine rings is 1. The van der Waals surface area contributed by atoms with Gasteiger partial charge in [0, 0.05) is 17.3 Å². The fourth-order valence-corrected chi connectivity index (χ4v) is 4.47. The third-order valence-electron chi connectivity index (χ3n) is 6.17. The van der Waals surface area contributed by atoms with Crippen molar-refractivity contribution in [2.24, 2.45) is 0 Å². The summed E-state index contributed by atoms with van der Waals surface area (Å²) in [6.07, 6.45) is 0.599. The number of carbonyl (C=O) groups excluding carboxylic acids is 2. The zero-order chi connectivity index (χ0) is 26.3. The highest BCUT2D eigenvalue weighted by atomic mass is 16.5. The minimum absolute atomic E-state index is 0.0343. The second-order valence-corrected chi connectivity index (χ2v) is 9.61. The molecule has 0 spiro atoms. The number of esters is 1. The number of ether oxygens (including phenoxy) is 1. The number of aryl methyl sites for hydroxylation is 5. The lowest BCUT2D eigenvalue weighted by Crippen LogP contribution is -2.30. The standard InChI is InChI=1S/C28H32N4O4/c1-14(2)32-26-23(13-29-32)22(12-24(30-26)21-11-18(6)35-19(21)7)28(34)36-20(8)27(33)31-25-16(4)9-15(3)10-17(25)5/h9-14,20H,1-8H3,(H,31,33). The van der Waals surface area contributed by atoms with Gasteiger partial charge in [-0.3, -0.25) is 4.79 Å². The lowest BCUT2D eigenvalue weighted by Gasteiger charge is -2.17. The highest BCUT2D eigenvalue weighted by Gasteiger charge is 2.25. The van der Waals surface area contributed by atoms with Crippen molar-refractivity contribution in [3.63, 3.8) is 0 Å². The molecule has 0 aliphatic heterocycles. The molecule has 4 rings (SSSR count). The number of carbonyl (C=O) groups is 2. The van der Waals surface area contributed by atoms with E-state index in [1.807, 2.05) is 66.7 Å². The summed E-state index contributed by atoms with van der Waals surface area (Å²) < 4.78 is 13.1. The molecule has 0 aliphatic rings. The van der Waals surface area contributed by atoms with Crippen molar-refractivity contribution in [1.29, 1.82) is 0 Å². The molecule has 1 N–H and O–H groups in total. The van der Waals surface area contributed by atoms with Gasteiger partial charge in [-0.25, -0.2) is 14.5 Å². The van der Waals surface area contributed by atoms with Crippen molar-refractivity contribution in [1.82, 2.24) is 14.8 Å². The van der Waals surface area contributed by atoms with E-state index in [1.54, 1.807) is 23.9 Å². The SMILES string of the molecule is Cc1cc(C)c(NC(=O)C(C)OC(=O)c2cc(-c3cc(C)oc3C)nc3c2cnn3C(C)C)c(C)c1. The number of anilines is 1. The summed E-state index contributed by atoms with van der Waals surface area (Å²) in [7, 11) is 0. The number of hydrogen-bond donors (Lipinski definition) is 1. The van der Waals surface area contributed by atoms with Crippen LogP contribution in [0.15, 0.2) is 34.9 Å². The quantitative estimate of drug-likeness (QED) is 0.334. The molecule has 188 valence electrons. The van der Waals surface area contributed by atoms with Gasteiger partial charge in [0.15, 0.2) is 11.8 Å².